The average Bonchev–Trinajstić information content (AvgIpc) is 3.32. The van der Waals surface area contributed by atoms with E-state index in [4.69, 9.17) is 0 Å². The van der Waals surface area contributed by atoms with Crippen molar-refractivity contribution < 1.29 is 4.79 Å². The zero-order valence-corrected chi connectivity index (χ0v) is 15.9. The Bertz CT molecular complexity index is 558. The largest absolute Gasteiger partial charge is 0.310 e. The average molecular weight is 348 g/mol. The SMILES string of the molecule is CC[C@@H](C)n1nccc1NC(=O)[C@H](C)N1CCC(N2CCCC2)CC1. The molecule has 2 aliphatic heterocycles. The van der Waals surface area contributed by atoms with Gasteiger partial charge in [-0.05, 0) is 59.0 Å². The van der Waals surface area contributed by atoms with Crippen LogP contribution in [-0.2, 0) is 4.79 Å². The van der Waals surface area contributed by atoms with Gasteiger partial charge in [-0.15, -0.1) is 0 Å². The Morgan fingerprint density at radius 1 is 1.24 bits per heavy atom. The van der Waals surface area contributed by atoms with Gasteiger partial charge >= 0.3 is 0 Å². The van der Waals surface area contributed by atoms with E-state index in [1.807, 2.05) is 17.7 Å². The highest BCUT2D eigenvalue weighted by atomic mass is 16.2. The maximum Gasteiger partial charge on any atom is 0.242 e. The first-order valence-corrected chi connectivity index (χ1v) is 9.92. The Kier molecular flexibility index (Phi) is 6.12. The fourth-order valence-corrected chi connectivity index (χ4v) is 4.08. The molecule has 2 saturated heterocycles. The van der Waals surface area contributed by atoms with E-state index in [1.54, 1.807) is 6.20 Å². The van der Waals surface area contributed by atoms with Gasteiger partial charge < -0.3 is 10.2 Å². The molecule has 0 spiro atoms. The second-order valence-corrected chi connectivity index (χ2v) is 7.59. The van der Waals surface area contributed by atoms with Gasteiger partial charge in [0.15, 0.2) is 0 Å². The van der Waals surface area contributed by atoms with Crippen LogP contribution in [0.1, 0.15) is 58.9 Å². The van der Waals surface area contributed by atoms with Crippen LogP contribution in [0.15, 0.2) is 12.3 Å². The number of likely N-dealkylation sites (tertiary alicyclic amines) is 2. The molecule has 3 heterocycles. The number of nitrogens with one attached hydrogen (secondary N) is 1. The van der Waals surface area contributed by atoms with Gasteiger partial charge in [-0.3, -0.25) is 9.69 Å². The smallest absolute Gasteiger partial charge is 0.242 e. The fourth-order valence-electron chi connectivity index (χ4n) is 4.08. The van der Waals surface area contributed by atoms with E-state index < -0.39 is 0 Å². The van der Waals surface area contributed by atoms with Crippen molar-refractivity contribution in [1.82, 2.24) is 19.6 Å². The molecular formula is C19H33N5O. The Morgan fingerprint density at radius 2 is 1.92 bits per heavy atom. The number of hydrogen-bond donors (Lipinski definition) is 1. The molecular weight excluding hydrogens is 314 g/mol. The highest BCUT2D eigenvalue weighted by Gasteiger charge is 2.30. The molecule has 0 bridgehead atoms. The van der Waals surface area contributed by atoms with Crippen LogP contribution in [0.4, 0.5) is 5.82 Å². The second-order valence-electron chi connectivity index (χ2n) is 7.59. The molecule has 140 valence electrons. The quantitative estimate of drug-likeness (QED) is 0.860. The second kappa shape index (κ2) is 8.32. The first-order chi connectivity index (χ1) is 12.1. The number of amides is 1. The molecule has 0 saturated carbocycles. The molecule has 2 fully saturated rings. The number of carbonyl (C=O) groups excluding carboxylic acids is 1. The lowest BCUT2D eigenvalue weighted by molar-refractivity contribution is -0.121. The molecule has 0 unspecified atom stereocenters. The van der Waals surface area contributed by atoms with Crippen LogP contribution in [0.25, 0.3) is 0 Å². The lowest BCUT2D eigenvalue weighted by atomic mass is 10.0. The van der Waals surface area contributed by atoms with E-state index in [-0.39, 0.29) is 18.0 Å². The molecule has 6 nitrogen and oxygen atoms in total. The van der Waals surface area contributed by atoms with Crippen molar-refractivity contribution in [2.45, 2.75) is 71.0 Å². The van der Waals surface area contributed by atoms with Crippen LogP contribution >= 0.6 is 0 Å². The summed E-state index contributed by atoms with van der Waals surface area (Å²) in [5, 5.41) is 7.43. The van der Waals surface area contributed by atoms with Gasteiger partial charge in [-0.2, -0.15) is 5.10 Å². The van der Waals surface area contributed by atoms with E-state index in [9.17, 15) is 4.79 Å². The summed E-state index contributed by atoms with van der Waals surface area (Å²) in [6.07, 6.45) is 7.81. The first-order valence-electron chi connectivity index (χ1n) is 9.92. The van der Waals surface area contributed by atoms with Gasteiger partial charge in [-0.1, -0.05) is 6.92 Å². The summed E-state index contributed by atoms with van der Waals surface area (Å²) < 4.78 is 1.91. The standard InChI is InChI=1S/C19H33N5O/c1-4-15(2)24-18(7-10-20-24)21-19(25)16(3)22-13-8-17(9-14-22)23-11-5-6-12-23/h7,10,15-17H,4-6,8-9,11-14H2,1-3H3,(H,21,25)/t15-,16+/m1/s1. The molecule has 0 aromatic carbocycles. The van der Waals surface area contributed by atoms with Gasteiger partial charge in [0.05, 0.1) is 18.3 Å². The van der Waals surface area contributed by atoms with Crippen molar-refractivity contribution in [3.8, 4) is 0 Å². The Balaban J connectivity index is 1.52. The van der Waals surface area contributed by atoms with Crippen LogP contribution in [0.3, 0.4) is 0 Å². The van der Waals surface area contributed by atoms with E-state index in [0.29, 0.717) is 0 Å². The third-order valence-electron chi connectivity index (χ3n) is 6.01. The van der Waals surface area contributed by atoms with Crippen molar-refractivity contribution in [3.63, 3.8) is 0 Å². The predicted molar refractivity (Wildman–Crippen MR) is 101 cm³/mol. The summed E-state index contributed by atoms with van der Waals surface area (Å²) >= 11 is 0. The van der Waals surface area contributed by atoms with Crippen LogP contribution in [0.2, 0.25) is 0 Å². The maximum absolute atomic E-state index is 12.7. The Labute approximate surface area is 151 Å². The molecule has 0 aliphatic carbocycles. The van der Waals surface area contributed by atoms with Gasteiger partial charge in [0.2, 0.25) is 5.91 Å². The molecule has 2 atom stereocenters. The van der Waals surface area contributed by atoms with Crippen LogP contribution in [0, 0.1) is 0 Å². The zero-order chi connectivity index (χ0) is 17.8. The minimum atomic E-state index is -0.0974. The van der Waals surface area contributed by atoms with Crippen LogP contribution in [-0.4, -0.2) is 63.8 Å². The summed E-state index contributed by atoms with van der Waals surface area (Å²) in [6, 6.07) is 2.80. The summed E-state index contributed by atoms with van der Waals surface area (Å²) in [7, 11) is 0. The summed E-state index contributed by atoms with van der Waals surface area (Å²) in [4.78, 5) is 17.7. The minimum absolute atomic E-state index is 0.0738. The topological polar surface area (TPSA) is 53.4 Å². The molecule has 6 heteroatoms. The number of rotatable bonds is 6. The molecule has 3 rings (SSSR count). The third-order valence-corrected chi connectivity index (χ3v) is 6.01. The molecule has 25 heavy (non-hydrogen) atoms. The van der Waals surface area contributed by atoms with Gasteiger partial charge in [0.1, 0.15) is 5.82 Å². The highest BCUT2D eigenvalue weighted by Crippen LogP contribution is 2.23. The fraction of sp³-hybridized carbons (Fsp3) is 0.789. The monoisotopic (exact) mass is 347 g/mol. The highest BCUT2D eigenvalue weighted by molar-refractivity contribution is 5.93. The van der Waals surface area contributed by atoms with Crippen LogP contribution in [0.5, 0.6) is 0 Å². The molecule has 1 aromatic heterocycles. The van der Waals surface area contributed by atoms with Crippen LogP contribution < -0.4 is 5.32 Å². The van der Waals surface area contributed by atoms with Crippen molar-refractivity contribution in [2.24, 2.45) is 0 Å². The molecule has 1 N–H and O–H groups in total. The number of piperidine rings is 1. The molecule has 1 aromatic rings. The van der Waals surface area contributed by atoms with Gasteiger partial charge in [0.25, 0.3) is 0 Å². The van der Waals surface area contributed by atoms with Crippen molar-refractivity contribution >= 4 is 11.7 Å². The number of hydrogen-bond acceptors (Lipinski definition) is 4. The normalized spacial score (nSPS) is 22.8. The molecule has 1 amide bonds. The van der Waals surface area contributed by atoms with E-state index >= 15 is 0 Å². The summed E-state index contributed by atoms with van der Waals surface area (Å²) in [6.45, 7) is 10.8. The molecule has 2 aliphatic rings. The maximum atomic E-state index is 12.7. The molecule has 0 radical (unpaired) electrons. The number of aromatic nitrogens is 2. The summed E-state index contributed by atoms with van der Waals surface area (Å²) in [5.74, 6) is 0.878. The Morgan fingerprint density at radius 3 is 2.56 bits per heavy atom. The van der Waals surface area contributed by atoms with Crippen molar-refractivity contribution in [2.75, 3.05) is 31.5 Å². The number of carbonyl (C=O) groups is 1. The third kappa shape index (κ3) is 4.23. The lowest BCUT2D eigenvalue weighted by Crippen LogP contribution is -2.50. The number of nitrogens with zero attached hydrogens (tertiary/aromatic N) is 4. The number of anilines is 1. The Hall–Kier alpha value is -1.40. The minimum Gasteiger partial charge on any atom is -0.310 e. The van der Waals surface area contributed by atoms with E-state index in [0.717, 1.165) is 31.4 Å². The predicted octanol–water partition coefficient (Wildman–Crippen LogP) is 2.74. The van der Waals surface area contributed by atoms with Gasteiger partial charge in [-0.25, -0.2) is 4.68 Å². The van der Waals surface area contributed by atoms with Crippen molar-refractivity contribution in [3.05, 3.63) is 12.3 Å². The summed E-state index contributed by atoms with van der Waals surface area (Å²) in [5.41, 5.74) is 0. The zero-order valence-electron chi connectivity index (χ0n) is 15.9. The van der Waals surface area contributed by atoms with E-state index in [2.05, 4.69) is 34.1 Å². The first kappa shape index (κ1) is 18.4. The van der Waals surface area contributed by atoms with Gasteiger partial charge in [0, 0.05) is 25.2 Å². The lowest BCUT2D eigenvalue weighted by Gasteiger charge is -2.38. The van der Waals surface area contributed by atoms with E-state index in [1.165, 1.54) is 38.8 Å². The van der Waals surface area contributed by atoms with Crippen molar-refractivity contribution in [1.29, 1.82) is 0 Å².